The Hall–Kier alpha value is -0.910. The van der Waals surface area contributed by atoms with Crippen LogP contribution in [0.3, 0.4) is 0 Å². The van der Waals surface area contributed by atoms with Crippen LogP contribution >= 0.6 is 0 Å². The lowest BCUT2D eigenvalue weighted by Crippen LogP contribution is -2.44. The molecule has 0 unspecified atom stereocenters. The van der Waals surface area contributed by atoms with Gasteiger partial charge in [0.25, 0.3) is 0 Å². The molecule has 2 N–H and O–H groups in total. The summed E-state index contributed by atoms with van der Waals surface area (Å²) in [7, 11) is -1.80. The van der Waals surface area contributed by atoms with E-state index in [2.05, 4.69) is 0 Å². The Kier molecular flexibility index (Phi) is 5.74. The number of aryl methyl sites for hydroxylation is 1. The summed E-state index contributed by atoms with van der Waals surface area (Å²) in [5, 5.41) is 0. The molecule has 1 rings (SSSR count). The fourth-order valence-corrected chi connectivity index (χ4v) is 3.42. The van der Waals surface area contributed by atoms with Gasteiger partial charge >= 0.3 is 0 Å². The van der Waals surface area contributed by atoms with Crippen LogP contribution < -0.4 is 5.73 Å². The van der Waals surface area contributed by atoms with Gasteiger partial charge in [-0.1, -0.05) is 19.1 Å². The zero-order chi connectivity index (χ0) is 15.4. The quantitative estimate of drug-likeness (QED) is 0.840. The fourth-order valence-electron chi connectivity index (χ4n) is 1.84. The predicted octanol–water partition coefficient (Wildman–Crippen LogP) is 2.39. The Morgan fingerprint density at radius 2 is 1.75 bits per heavy atom. The molecule has 0 atom stereocenters. The summed E-state index contributed by atoms with van der Waals surface area (Å²) in [4.78, 5) is 0.345. The minimum atomic E-state index is -3.44. The Morgan fingerprint density at radius 1 is 1.20 bits per heavy atom. The summed E-state index contributed by atoms with van der Waals surface area (Å²) < 4.78 is 26.6. The van der Waals surface area contributed by atoms with Crippen LogP contribution in [0.25, 0.3) is 0 Å². The topological polar surface area (TPSA) is 63.4 Å². The third-order valence-corrected chi connectivity index (χ3v) is 6.05. The highest BCUT2D eigenvalue weighted by Crippen LogP contribution is 2.25. The van der Waals surface area contributed by atoms with Gasteiger partial charge in [0.2, 0.25) is 10.0 Å². The Morgan fingerprint density at radius 3 is 2.20 bits per heavy atom. The largest absolute Gasteiger partial charge is 0.330 e. The fraction of sp³-hybridized carbons (Fsp3) is 0.600. The second-order valence-corrected chi connectivity index (χ2v) is 7.64. The molecule has 20 heavy (non-hydrogen) atoms. The summed E-state index contributed by atoms with van der Waals surface area (Å²) >= 11 is 0. The molecule has 0 aromatic heterocycles. The van der Waals surface area contributed by atoms with E-state index in [0.717, 1.165) is 24.8 Å². The number of hydrogen-bond acceptors (Lipinski definition) is 3. The molecule has 114 valence electrons. The molecule has 0 amide bonds. The first-order chi connectivity index (χ1) is 9.25. The monoisotopic (exact) mass is 298 g/mol. The third-order valence-electron chi connectivity index (χ3n) is 3.97. The predicted molar refractivity (Wildman–Crippen MR) is 83.1 cm³/mol. The normalized spacial score (nSPS) is 12.9. The van der Waals surface area contributed by atoms with Crippen LogP contribution in [-0.2, 0) is 16.4 Å². The number of nitrogens with zero attached hydrogens (tertiary/aromatic N) is 1. The highest BCUT2D eigenvalue weighted by atomic mass is 32.2. The van der Waals surface area contributed by atoms with Crippen molar-refractivity contribution in [2.24, 2.45) is 5.73 Å². The molecule has 0 heterocycles. The van der Waals surface area contributed by atoms with Crippen molar-refractivity contribution < 1.29 is 8.42 Å². The van der Waals surface area contributed by atoms with Crippen LogP contribution in [0.4, 0.5) is 0 Å². The molecule has 5 heteroatoms. The van der Waals surface area contributed by atoms with Crippen molar-refractivity contribution in [2.45, 2.75) is 50.5 Å². The van der Waals surface area contributed by atoms with E-state index < -0.39 is 15.6 Å². The second kappa shape index (κ2) is 6.70. The van der Waals surface area contributed by atoms with Gasteiger partial charge in [0.1, 0.15) is 0 Å². The highest BCUT2D eigenvalue weighted by Gasteiger charge is 2.32. The van der Waals surface area contributed by atoms with Crippen molar-refractivity contribution in [2.75, 3.05) is 13.6 Å². The van der Waals surface area contributed by atoms with Crippen LogP contribution in [0.5, 0.6) is 0 Å². The maximum atomic E-state index is 12.6. The average Bonchev–Trinajstić information content (AvgIpc) is 2.44. The molecule has 0 aliphatic heterocycles. The molecule has 0 saturated heterocycles. The van der Waals surface area contributed by atoms with Crippen LogP contribution in [-0.4, -0.2) is 31.9 Å². The first-order valence-electron chi connectivity index (χ1n) is 7.03. The van der Waals surface area contributed by atoms with Gasteiger partial charge in [-0.3, -0.25) is 0 Å². The van der Waals surface area contributed by atoms with Crippen LogP contribution in [0, 0.1) is 0 Å². The van der Waals surface area contributed by atoms with Crippen molar-refractivity contribution >= 4 is 10.0 Å². The first-order valence-corrected chi connectivity index (χ1v) is 8.47. The second-order valence-electron chi connectivity index (χ2n) is 5.67. The summed E-state index contributed by atoms with van der Waals surface area (Å²) in [6, 6.07) is 7.11. The molecule has 0 bridgehead atoms. The van der Waals surface area contributed by atoms with E-state index >= 15 is 0 Å². The molecule has 0 radical (unpaired) electrons. The molecule has 1 aromatic rings. The van der Waals surface area contributed by atoms with Gasteiger partial charge in [-0.25, -0.2) is 8.42 Å². The maximum Gasteiger partial charge on any atom is 0.243 e. The van der Waals surface area contributed by atoms with E-state index in [1.807, 2.05) is 32.9 Å². The Bertz CT molecular complexity index is 521. The lowest BCUT2D eigenvalue weighted by atomic mass is 10.0. The van der Waals surface area contributed by atoms with E-state index in [1.54, 1.807) is 19.2 Å². The highest BCUT2D eigenvalue weighted by molar-refractivity contribution is 7.89. The molecule has 4 nitrogen and oxygen atoms in total. The molecule has 1 aromatic carbocycles. The number of hydrogen-bond donors (Lipinski definition) is 1. The van der Waals surface area contributed by atoms with Gasteiger partial charge in [-0.2, -0.15) is 4.31 Å². The van der Waals surface area contributed by atoms with Crippen molar-refractivity contribution in [1.29, 1.82) is 0 Å². The molecular weight excluding hydrogens is 272 g/mol. The average molecular weight is 298 g/mol. The number of benzene rings is 1. The third kappa shape index (κ3) is 3.81. The van der Waals surface area contributed by atoms with Gasteiger partial charge in [0.05, 0.1) is 4.90 Å². The summed E-state index contributed by atoms with van der Waals surface area (Å²) in [5.74, 6) is 0. The summed E-state index contributed by atoms with van der Waals surface area (Å²) in [6.45, 7) is 6.50. The van der Waals surface area contributed by atoms with Crippen molar-refractivity contribution in [1.82, 2.24) is 4.31 Å². The van der Waals surface area contributed by atoms with Crippen LogP contribution in [0.2, 0.25) is 0 Å². The molecule has 0 aliphatic rings. The lowest BCUT2D eigenvalue weighted by molar-refractivity contribution is 0.257. The van der Waals surface area contributed by atoms with E-state index in [1.165, 1.54) is 4.31 Å². The first kappa shape index (κ1) is 17.1. The van der Waals surface area contributed by atoms with Gasteiger partial charge < -0.3 is 5.73 Å². The molecule has 0 saturated carbocycles. The molecule has 0 fully saturated rings. The smallest absolute Gasteiger partial charge is 0.243 e. The van der Waals surface area contributed by atoms with Crippen molar-refractivity contribution in [3.05, 3.63) is 29.8 Å². The number of sulfonamides is 1. The number of rotatable bonds is 7. The summed E-state index contributed by atoms with van der Waals surface area (Å²) in [6.07, 6.45) is 2.55. The van der Waals surface area contributed by atoms with Gasteiger partial charge in [-0.15, -0.1) is 0 Å². The van der Waals surface area contributed by atoms with Crippen LogP contribution in [0.15, 0.2) is 29.2 Å². The van der Waals surface area contributed by atoms with Crippen molar-refractivity contribution in [3.63, 3.8) is 0 Å². The molecule has 0 spiro atoms. The van der Waals surface area contributed by atoms with Crippen LogP contribution in [0.1, 0.15) is 39.2 Å². The Labute approximate surface area is 123 Å². The van der Waals surface area contributed by atoms with Gasteiger partial charge in [0.15, 0.2) is 0 Å². The SMILES string of the molecule is CCC(C)(C)N(C)S(=O)(=O)c1ccc(CCCN)cc1. The zero-order valence-corrected chi connectivity index (χ0v) is 13.7. The van der Waals surface area contributed by atoms with E-state index in [0.29, 0.717) is 11.4 Å². The number of nitrogens with two attached hydrogens (primary N) is 1. The maximum absolute atomic E-state index is 12.6. The van der Waals surface area contributed by atoms with Gasteiger partial charge in [-0.05, 0) is 57.4 Å². The van der Waals surface area contributed by atoms with Gasteiger partial charge in [0, 0.05) is 12.6 Å². The van der Waals surface area contributed by atoms with E-state index in [-0.39, 0.29) is 0 Å². The molecular formula is C15H26N2O2S. The zero-order valence-electron chi connectivity index (χ0n) is 12.9. The minimum absolute atomic E-state index is 0.345. The summed E-state index contributed by atoms with van der Waals surface area (Å²) in [5.41, 5.74) is 6.20. The minimum Gasteiger partial charge on any atom is -0.330 e. The Balaban J connectivity index is 2.99. The molecule has 0 aliphatic carbocycles. The van der Waals surface area contributed by atoms with Crippen molar-refractivity contribution in [3.8, 4) is 0 Å². The van der Waals surface area contributed by atoms with E-state index in [9.17, 15) is 8.42 Å². The lowest BCUT2D eigenvalue weighted by Gasteiger charge is -2.33. The van der Waals surface area contributed by atoms with E-state index in [4.69, 9.17) is 5.73 Å². The standard InChI is InChI=1S/C15H26N2O2S/c1-5-15(2,3)17(4)20(18,19)14-10-8-13(9-11-14)7-6-12-16/h8-11H,5-7,12,16H2,1-4H3.